The lowest BCUT2D eigenvalue weighted by Gasteiger charge is -2.22. The number of hydrogen-bond acceptors (Lipinski definition) is 4. The van der Waals surface area contributed by atoms with E-state index in [1.165, 1.54) is 17.9 Å². The maximum absolute atomic E-state index is 5.34. The van der Waals surface area contributed by atoms with Crippen molar-refractivity contribution in [3.05, 3.63) is 0 Å². The minimum absolute atomic E-state index is 0.628. The first-order valence-electron chi connectivity index (χ1n) is 4.90. The van der Waals surface area contributed by atoms with Crippen LogP contribution < -0.4 is 5.73 Å². The normalized spacial score (nSPS) is 22.8. The molecule has 13 heavy (non-hydrogen) atoms. The van der Waals surface area contributed by atoms with E-state index in [4.69, 9.17) is 10.5 Å². The van der Waals surface area contributed by atoms with Crippen LogP contribution in [0.2, 0.25) is 0 Å². The second-order valence-corrected chi connectivity index (χ2v) is 4.55. The molecule has 1 saturated heterocycles. The lowest BCUT2D eigenvalue weighted by molar-refractivity contribution is 0.107. The third-order valence-corrected chi connectivity index (χ3v) is 3.52. The summed E-state index contributed by atoms with van der Waals surface area (Å²) in [5.41, 5.74) is 5.33. The summed E-state index contributed by atoms with van der Waals surface area (Å²) in [7, 11) is 2.18. The van der Waals surface area contributed by atoms with Gasteiger partial charge in [-0.1, -0.05) is 0 Å². The van der Waals surface area contributed by atoms with Crippen molar-refractivity contribution in [2.24, 2.45) is 5.73 Å². The molecule has 0 aromatic rings. The molecule has 1 aliphatic heterocycles. The maximum atomic E-state index is 5.34. The lowest BCUT2D eigenvalue weighted by Crippen LogP contribution is -2.34. The third-order valence-electron chi connectivity index (χ3n) is 2.38. The van der Waals surface area contributed by atoms with Crippen LogP contribution in [0, 0.1) is 0 Å². The molecule has 1 aliphatic rings. The van der Waals surface area contributed by atoms with Crippen molar-refractivity contribution in [1.82, 2.24) is 4.90 Å². The van der Waals surface area contributed by atoms with Crippen LogP contribution in [0.5, 0.6) is 0 Å². The Balaban J connectivity index is 1.99. The molecule has 0 spiro atoms. The number of rotatable bonds is 6. The van der Waals surface area contributed by atoms with Crippen molar-refractivity contribution < 1.29 is 4.74 Å². The Morgan fingerprint density at radius 3 is 3.00 bits per heavy atom. The van der Waals surface area contributed by atoms with Gasteiger partial charge in [-0.15, -0.1) is 0 Å². The van der Waals surface area contributed by atoms with Crippen LogP contribution in [0.15, 0.2) is 0 Å². The van der Waals surface area contributed by atoms with Crippen LogP contribution in [0.1, 0.15) is 6.42 Å². The summed E-state index contributed by atoms with van der Waals surface area (Å²) in [5.74, 6) is 2.60. The fourth-order valence-electron chi connectivity index (χ4n) is 1.45. The van der Waals surface area contributed by atoms with Gasteiger partial charge < -0.3 is 15.4 Å². The van der Waals surface area contributed by atoms with E-state index in [1.807, 2.05) is 0 Å². The zero-order valence-corrected chi connectivity index (χ0v) is 9.18. The van der Waals surface area contributed by atoms with E-state index in [0.29, 0.717) is 13.2 Å². The van der Waals surface area contributed by atoms with Crippen molar-refractivity contribution in [3.63, 3.8) is 0 Å². The first-order valence-corrected chi connectivity index (χ1v) is 6.06. The summed E-state index contributed by atoms with van der Waals surface area (Å²) in [5, 5.41) is 0. The van der Waals surface area contributed by atoms with E-state index in [0.717, 1.165) is 19.2 Å². The van der Waals surface area contributed by atoms with Gasteiger partial charge in [-0.25, -0.2) is 0 Å². The van der Waals surface area contributed by atoms with Crippen molar-refractivity contribution in [1.29, 1.82) is 0 Å². The van der Waals surface area contributed by atoms with Crippen LogP contribution in [0.25, 0.3) is 0 Å². The Kier molecular flexibility index (Phi) is 5.78. The predicted octanol–water partition coefficient (Wildman–Crippen LogP) is 0.399. The molecule has 78 valence electrons. The molecule has 0 aromatic carbocycles. The number of ether oxygens (including phenoxy) is 1. The number of thioether (sulfide) groups is 1. The minimum Gasteiger partial charge on any atom is -0.379 e. The molecule has 4 heteroatoms. The van der Waals surface area contributed by atoms with Crippen LogP contribution >= 0.6 is 11.8 Å². The Morgan fingerprint density at radius 2 is 2.38 bits per heavy atom. The van der Waals surface area contributed by atoms with Crippen LogP contribution in [0.3, 0.4) is 0 Å². The standard InChI is InChI=1S/C9H20N2OS/c1-11(4-6-12-5-3-10)9-2-7-13-8-9/h9H,2-8,10H2,1H3. The molecule has 0 radical (unpaired) electrons. The molecule has 1 rings (SSSR count). The molecule has 0 aliphatic carbocycles. The molecular weight excluding hydrogens is 184 g/mol. The molecule has 1 fully saturated rings. The quantitative estimate of drug-likeness (QED) is 0.636. The Hall–Kier alpha value is 0.230. The van der Waals surface area contributed by atoms with E-state index in [-0.39, 0.29) is 0 Å². The van der Waals surface area contributed by atoms with E-state index >= 15 is 0 Å². The van der Waals surface area contributed by atoms with Gasteiger partial charge in [0.25, 0.3) is 0 Å². The highest BCUT2D eigenvalue weighted by Crippen LogP contribution is 2.20. The summed E-state index contributed by atoms with van der Waals surface area (Å²) in [6, 6.07) is 0.770. The van der Waals surface area contributed by atoms with Gasteiger partial charge in [0.05, 0.1) is 13.2 Å². The van der Waals surface area contributed by atoms with E-state index in [2.05, 4.69) is 23.7 Å². The highest BCUT2D eigenvalue weighted by atomic mass is 32.2. The smallest absolute Gasteiger partial charge is 0.0594 e. The number of hydrogen-bond donors (Lipinski definition) is 1. The van der Waals surface area contributed by atoms with Crippen molar-refractivity contribution >= 4 is 11.8 Å². The molecule has 0 aromatic heterocycles. The molecule has 1 atom stereocenters. The van der Waals surface area contributed by atoms with Crippen molar-refractivity contribution in [2.45, 2.75) is 12.5 Å². The van der Waals surface area contributed by atoms with Crippen molar-refractivity contribution in [2.75, 3.05) is 44.9 Å². The van der Waals surface area contributed by atoms with Crippen molar-refractivity contribution in [3.8, 4) is 0 Å². The van der Waals surface area contributed by atoms with Gasteiger partial charge in [-0.05, 0) is 19.2 Å². The first-order chi connectivity index (χ1) is 6.34. The largest absolute Gasteiger partial charge is 0.379 e. The van der Waals surface area contributed by atoms with Crippen LogP contribution in [-0.4, -0.2) is 55.8 Å². The fourth-order valence-corrected chi connectivity index (χ4v) is 2.74. The maximum Gasteiger partial charge on any atom is 0.0594 e. The summed E-state index contributed by atoms with van der Waals surface area (Å²) in [6.45, 7) is 3.16. The molecule has 1 heterocycles. The summed E-state index contributed by atoms with van der Waals surface area (Å²) in [6.07, 6.45) is 1.33. The number of likely N-dealkylation sites (N-methyl/N-ethyl adjacent to an activating group) is 1. The molecule has 1 unspecified atom stereocenters. The molecule has 0 bridgehead atoms. The zero-order valence-electron chi connectivity index (χ0n) is 8.37. The minimum atomic E-state index is 0.628. The fraction of sp³-hybridized carbons (Fsp3) is 1.00. The Morgan fingerprint density at radius 1 is 1.54 bits per heavy atom. The van der Waals surface area contributed by atoms with E-state index < -0.39 is 0 Å². The summed E-state index contributed by atoms with van der Waals surface area (Å²) in [4.78, 5) is 2.40. The monoisotopic (exact) mass is 204 g/mol. The SMILES string of the molecule is CN(CCOCCN)C1CCSC1. The van der Waals surface area contributed by atoms with Gasteiger partial charge in [0.1, 0.15) is 0 Å². The number of nitrogens with two attached hydrogens (primary N) is 1. The molecule has 2 N–H and O–H groups in total. The molecular formula is C9H20N2OS. The van der Waals surface area contributed by atoms with E-state index in [9.17, 15) is 0 Å². The Labute approximate surface area is 85.0 Å². The van der Waals surface area contributed by atoms with Crippen LogP contribution in [-0.2, 0) is 4.74 Å². The first kappa shape index (κ1) is 11.3. The predicted molar refractivity (Wildman–Crippen MR) is 58.2 cm³/mol. The lowest BCUT2D eigenvalue weighted by atomic mass is 10.2. The van der Waals surface area contributed by atoms with Gasteiger partial charge in [0.15, 0.2) is 0 Å². The second-order valence-electron chi connectivity index (χ2n) is 3.40. The summed E-state index contributed by atoms with van der Waals surface area (Å²) >= 11 is 2.05. The van der Waals surface area contributed by atoms with Crippen LogP contribution in [0.4, 0.5) is 0 Å². The Bertz CT molecular complexity index is 129. The molecule has 0 amide bonds. The second kappa shape index (κ2) is 6.65. The average molecular weight is 204 g/mol. The van der Waals surface area contributed by atoms with Gasteiger partial charge in [0.2, 0.25) is 0 Å². The van der Waals surface area contributed by atoms with E-state index in [1.54, 1.807) is 0 Å². The van der Waals surface area contributed by atoms with Gasteiger partial charge in [0, 0.05) is 24.9 Å². The highest BCUT2D eigenvalue weighted by molar-refractivity contribution is 7.99. The average Bonchev–Trinajstić information content (AvgIpc) is 2.65. The zero-order chi connectivity index (χ0) is 9.52. The molecule has 3 nitrogen and oxygen atoms in total. The third kappa shape index (κ3) is 4.31. The van der Waals surface area contributed by atoms with Gasteiger partial charge >= 0.3 is 0 Å². The summed E-state index contributed by atoms with van der Waals surface area (Å²) < 4.78 is 5.34. The number of nitrogens with zero attached hydrogens (tertiary/aromatic N) is 1. The molecule has 0 saturated carbocycles. The topological polar surface area (TPSA) is 38.5 Å². The van der Waals surface area contributed by atoms with Gasteiger partial charge in [-0.2, -0.15) is 11.8 Å². The van der Waals surface area contributed by atoms with Gasteiger partial charge in [-0.3, -0.25) is 0 Å². The highest BCUT2D eigenvalue weighted by Gasteiger charge is 2.19.